The van der Waals surface area contributed by atoms with Crippen molar-refractivity contribution in [3.63, 3.8) is 0 Å². The molecule has 0 aliphatic carbocycles. The number of fused-ring (bicyclic) bond motifs is 1. The third kappa shape index (κ3) is 2.47. The maximum atomic E-state index is 11.9. The van der Waals surface area contributed by atoms with E-state index in [1.807, 2.05) is 49.4 Å². The molecule has 3 aromatic rings. The van der Waals surface area contributed by atoms with Crippen LogP contribution >= 0.6 is 12.2 Å². The molecule has 0 saturated heterocycles. The molecule has 5 heteroatoms. The van der Waals surface area contributed by atoms with Gasteiger partial charge in [-0.1, -0.05) is 43.4 Å². The molecule has 0 aliphatic rings. The van der Waals surface area contributed by atoms with E-state index in [2.05, 4.69) is 6.92 Å². The van der Waals surface area contributed by atoms with Crippen LogP contribution in [-0.2, 0) is 6.42 Å². The summed E-state index contributed by atoms with van der Waals surface area (Å²) in [6, 6.07) is 13.3. The summed E-state index contributed by atoms with van der Waals surface area (Å²) >= 11 is 5.05. The fourth-order valence-corrected chi connectivity index (χ4v) is 3.36. The van der Waals surface area contributed by atoms with Crippen molar-refractivity contribution < 1.29 is 9.90 Å². The zero-order chi connectivity index (χ0) is 17.4. The summed E-state index contributed by atoms with van der Waals surface area (Å²) in [5.74, 6) is -0.952. The third-order valence-corrected chi connectivity index (χ3v) is 4.53. The Balaban J connectivity index is 2.43. The molecule has 1 heterocycles. The van der Waals surface area contributed by atoms with E-state index >= 15 is 0 Å². The summed E-state index contributed by atoms with van der Waals surface area (Å²) in [4.78, 5) is 12.2. The summed E-state index contributed by atoms with van der Waals surface area (Å²) in [5.41, 5.74) is 10.2. The maximum absolute atomic E-state index is 11.9. The van der Waals surface area contributed by atoms with Gasteiger partial charge in [0.2, 0.25) is 0 Å². The summed E-state index contributed by atoms with van der Waals surface area (Å²) in [6.07, 6.45) is 0.841. The highest BCUT2D eigenvalue weighted by molar-refractivity contribution is 7.80. The molecule has 0 aliphatic heterocycles. The predicted molar refractivity (Wildman–Crippen MR) is 100 cm³/mol. The quantitative estimate of drug-likeness (QED) is 0.709. The lowest BCUT2D eigenvalue weighted by Gasteiger charge is -2.10. The number of aromatic nitrogens is 1. The lowest BCUT2D eigenvalue weighted by atomic mass is 10.0. The standard InChI is InChI=1S/C19H18N2O2S/c1-3-12-6-5-9-15-16(12)11(2)17(19(22)23)21(15)14-8-4-7-13(10-14)18(20)24/h4-10H,3H2,1-2H3,(H2,20,24)(H,22,23). The van der Waals surface area contributed by atoms with Gasteiger partial charge in [-0.15, -0.1) is 0 Å². The molecule has 1 aromatic heterocycles. The second-order valence-corrected chi connectivity index (χ2v) is 6.13. The minimum atomic E-state index is -0.952. The van der Waals surface area contributed by atoms with Crippen LogP contribution in [0.1, 0.15) is 34.1 Å². The van der Waals surface area contributed by atoms with Gasteiger partial charge in [0, 0.05) is 16.6 Å². The first kappa shape index (κ1) is 16.2. The molecule has 4 nitrogen and oxygen atoms in total. The Kier molecular flexibility index (Phi) is 4.11. The molecule has 0 saturated carbocycles. The van der Waals surface area contributed by atoms with Crippen molar-refractivity contribution in [1.29, 1.82) is 0 Å². The number of nitrogens with two attached hydrogens (primary N) is 1. The van der Waals surface area contributed by atoms with Crippen LogP contribution in [0.25, 0.3) is 16.6 Å². The smallest absolute Gasteiger partial charge is 0.353 e. The summed E-state index contributed by atoms with van der Waals surface area (Å²) in [6.45, 7) is 3.93. The number of rotatable bonds is 4. The Hall–Kier alpha value is -2.66. The molecule has 0 unspecified atom stereocenters. The maximum Gasteiger partial charge on any atom is 0.353 e. The summed E-state index contributed by atoms with van der Waals surface area (Å²) < 4.78 is 1.77. The highest BCUT2D eigenvalue weighted by Crippen LogP contribution is 2.32. The molecule has 24 heavy (non-hydrogen) atoms. The van der Waals surface area contributed by atoms with E-state index in [-0.39, 0.29) is 10.7 Å². The molecule has 3 N–H and O–H groups in total. The molecule has 0 bridgehead atoms. The van der Waals surface area contributed by atoms with Gasteiger partial charge in [0.1, 0.15) is 10.7 Å². The summed E-state index contributed by atoms with van der Waals surface area (Å²) in [5, 5.41) is 10.8. The van der Waals surface area contributed by atoms with Crippen molar-refractivity contribution in [2.75, 3.05) is 0 Å². The number of aryl methyl sites for hydroxylation is 2. The molecule has 0 atom stereocenters. The Bertz CT molecular complexity index is 973. The molecule has 122 valence electrons. The highest BCUT2D eigenvalue weighted by Gasteiger charge is 2.22. The third-order valence-electron chi connectivity index (χ3n) is 4.30. The Morgan fingerprint density at radius 1 is 1.25 bits per heavy atom. The highest BCUT2D eigenvalue weighted by atomic mass is 32.1. The first-order valence-corrected chi connectivity index (χ1v) is 8.13. The van der Waals surface area contributed by atoms with Crippen molar-refractivity contribution in [3.8, 4) is 5.69 Å². The SMILES string of the molecule is CCc1cccc2c1c(C)c(C(=O)O)n2-c1cccc(C(N)=S)c1. The monoisotopic (exact) mass is 338 g/mol. The second-order valence-electron chi connectivity index (χ2n) is 5.69. The van der Waals surface area contributed by atoms with Gasteiger partial charge < -0.3 is 15.4 Å². The molecule has 2 aromatic carbocycles. The van der Waals surface area contributed by atoms with Crippen molar-refractivity contribution >= 4 is 34.1 Å². The largest absolute Gasteiger partial charge is 0.477 e. The van der Waals surface area contributed by atoms with Crippen molar-refractivity contribution in [3.05, 3.63) is 64.8 Å². The van der Waals surface area contributed by atoms with E-state index < -0.39 is 5.97 Å². The Labute approximate surface area is 145 Å². The van der Waals surface area contributed by atoms with E-state index in [1.54, 1.807) is 4.57 Å². The zero-order valence-electron chi connectivity index (χ0n) is 13.5. The lowest BCUT2D eigenvalue weighted by Crippen LogP contribution is -2.11. The molecule has 0 fully saturated rings. The van der Waals surface area contributed by atoms with E-state index in [0.717, 1.165) is 34.1 Å². The first-order valence-electron chi connectivity index (χ1n) is 7.72. The normalized spacial score (nSPS) is 10.9. The van der Waals surface area contributed by atoms with E-state index in [4.69, 9.17) is 18.0 Å². The van der Waals surface area contributed by atoms with Crippen molar-refractivity contribution in [2.24, 2.45) is 5.73 Å². The Morgan fingerprint density at radius 3 is 2.58 bits per heavy atom. The fraction of sp³-hybridized carbons (Fsp3) is 0.158. The van der Waals surface area contributed by atoms with Gasteiger partial charge in [0.15, 0.2) is 0 Å². The number of aromatic carboxylic acids is 1. The van der Waals surface area contributed by atoms with Gasteiger partial charge in [-0.2, -0.15) is 0 Å². The van der Waals surface area contributed by atoms with Crippen LogP contribution < -0.4 is 5.73 Å². The van der Waals surface area contributed by atoms with Gasteiger partial charge in [-0.25, -0.2) is 4.79 Å². The van der Waals surface area contributed by atoms with Crippen LogP contribution in [0, 0.1) is 6.92 Å². The first-order chi connectivity index (χ1) is 11.5. The van der Waals surface area contributed by atoms with Gasteiger partial charge in [-0.3, -0.25) is 0 Å². The number of thiocarbonyl (C=S) groups is 1. The van der Waals surface area contributed by atoms with Crippen molar-refractivity contribution in [2.45, 2.75) is 20.3 Å². The fourth-order valence-electron chi connectivity index (χ4n) is 3.23. The predicted octanol–water partition coefficient (Wildman–Crippen LogP) is 3.83. The van der Waals surface area contributed by atoms with E-state index in [0.29, 0.717) is 5.56 Å². The van der Waals surface area contributed by atoms with Gasteiger partial charge >= 0.3 is 5.97 Å². The Morgan fingerprint density at radius 2 is 1.96 bits per heavy atom. The minimum absolute atomic E-state index is 0.269. The molecule has 0 spiro atoms. The van der Waals surface area contributed by atoms with Crippen LogP contribution in [0.2, 0.25) is 0 Å². The van der Waals surface area contributed by atoms with Gasteiger partial charge in [0.25, 0.3) is 0 Å². The molecule has 0 radical (unpaired) electrons. The number of benzene rings is 2. The molecule has 3 rings (SSSR count). The van der Waals surface area contributed by atoms with E-state index in [9.17, 15) is 9.90 Å². The number of carbonyl (C=O) groups is 1. The average molecular weight is 338 g/mol. The van der Waals surface area contributed by atoms with Crippen molar-refractivity contribution in [1.82, 2.24) is 4.57 Å². The van der Waals surface area contributed by atoms with Gasteiger partial charge in [-0.05, 0) is 42.7 Å². The van der Waals surface area contributed by atoms with Crippen LogP contribution in [0.4, 0.5) is 0 Å². The van der Waals surface area contributed by atoms with E-state index in [1.165, 1.54) is 0 Å². The van der Waals surface area contributed by atoms with Crippen LogP contribution in [-0.4, -0.2) is 20.6 Å². The lowest BCUT2D eigenvalue weighted by molar-refractivity contribution is 0.0688. The van der Waals surface area contributed by atoms with Gasteiger partial charge in [0.05, 0.1) is 5.52 Å². The minimum Gasteiger partial charge on any atom is -0.477 e. The zero-order valence-corrected chi connectivity index (χ0v) is 14.4. The van der Waals surface area contributed by atoms with Crippen LogP contribution in [0.15, 0.2) is 42.5 Å². The number of hydrogen-bond donors (Lipinski definition) is 2. The molecular formula is C19H18N2O2S. The summed E-state index contributed by atoms with van der Waals surface area (Å²) in [7, 11) is 0. The number of hydrogen-bond acceptors (Lipinski definition) is 2. The molecule has 0 amide bonds. The second kappa shape index (κ2) is 6.09. The average Bonchev–Trinajstić information content (AvgIpc) is 2.88. The number of nitrogens with zero attached hydrogens (tertiary/aromatic N) is 1. The van der Waals surface area contributed by atoms with Crippen LogP contribution in [0.5, 0.6) is 0 Å². The topological polar surface area (TPSA) is 68.2 Å². The number of carboxylic acid groups (broad SMARTS) is 1. The number of carboxylic acids is 1. The van der Waals surface area contributed by atoms with Crippen LogP contribution in [0.3, 0.4) is 0 Å². The molecular weight excluding hydrogens is 320 g/mol.